The Balaban J connectivity index is 1.84. The lowest BCUT2D eigenvalue weighted by Crippen LogP contribution is -2.59. The van der Waals surface area contributed by atoms with E-state index in [4.69, 9.17) is 9.47 Å². The molecule has 218 valence electrons. The third-order valence-corrected chi connectivity index (χ3v) is 9.18. The summed E-state index contributed by atoms with van der Waals surface area (Å²) in [5.41, 5.74) is -0.609. The molecule has 1 aromatic rings. The number of rotatable bonds is 12. The molecule has 1 spiro atoms. The first-order valence-electron chi connectivity index (χ1n) is 13.7. The molecule has 4 rings (SSSR count). The van der Waals surface area contributed by atoms with Crippen molar-refractivity contribution in [3.05, 3.63) is 49.6 Å². The van der Waals surface area contributed by atoms with Gasteiger partial charge in [-0.15, -0.1) is 13.2 Å². The van der Waals surface area contributed by atoms with Crippen molar-refractivity contribution in [2.75, 3.05) is 38.8 Å². The van der Waals surface area contributed by atoms with Crippen molar-refractivity contribution in [1.29, 1.82) is 0 Å². The number of hydrogen-bond donors (Lipinski definition) is 1. The molecule has 1 aromatic carbocycles. The summed E-state index contributed by atoms with van der Waals surface area (Å²) in [6.45, 7) is 11.8. The maximum atomic E-state index is 14.7. The van der Waals surface area contributed by atoms with Gasteiger partial charge >= 0.3 is 0 Å². The standard InChI is InChI=1S/C30H40BrN3O6/c1-7-13-32(5)27(36)23-24-28(37)34(20(17-35)15-18(3)4)26(30(24)16-22(31)25(23)40-30)29(38)33(14-8-2)19-9-11-21(39-6)12-10-19/h7-12,18,20,22-26,35H,1-2,13-17H2,3-6H3/t20-,22?,23-,24+,25-,26?,30?/m1/s1. The molecule has 0 radical (unpaired) electrons. The maximum Gasteiger partial charge on any atom is 0.253 e. The smallest absolute Gasteiger partial charge is 0.253 e. The second-order valence-electron chi connectivity index (χ2n) is 11.3. The largest absolute Gasteiger partial charge is 0.497 e. The average molecular weight is 619 g/mol. The highest BCUT2D eigenvalue weighted by Crippen LogP contribution is 2.61. The van der Waals surface area contributed by atoms with Crippen LogP contribution in [0.1, 0.15) is 26.7 Å². The molecular weight excluding hydrogens is 578 g/mol. The summed E-state index contributed by atoms with van der Waals surface area (Å²) >= 11 is 3.71. The molecule has 2 bridgehead atoms. The SMILES string of the molecule is C=CCN(C)C(=O)[C@H]1[C@@H]2OC3(CC2Br)C(C(=O)N(CC=C)c2ccc(OC)cc2)N([C@@H](CO)CC(C)C)C(=O)[C@H]13. The number of methoxy groups -OCH3 is 1. The number of likely N-dealkylation sites (N-methyl/N-ethyl adjacent to an activating group) is 1. The van der Waals surface area contributed by atoms with Gasteiger partial charge in [0.1, 0.15) is 17.4 Å². The van der Waals surface area contributed by atoms with Crippen LogP contribution in [0.2, 0.25) is 0 Å². The van der Waals surface area contributed by atoms with E-state index in [1.54, 1.807) is 60.4 Å². The predicted octanol–water partition coefficient (Wildman–Crippen LogP) is 3.01. The zero-order valence-electron chi connectivity index (χ0n) is 23.7. The molecule has 3 heterocycles. The molecule has 3 aliphatic rings. The Hall–Kier alpha value is -2.69. The minimum Gasteiger partial charge on any atom is -0.497 e. The van der Waals surface area contributed by atoms with Gasteiger partial charge in [0.15, 0.2) is 0 Å². The Kier molecular flexibility index (Phi) is 9.11. The number of alkyl halides is 1. The van der Waals surface area contributed by atoms with Crippen LogP contribution in [0.3, 0.4) is 0 Å². The summed E-state index contributed by atoms with van der Waals surface area (Å²) in [6.07, 6.45) is 3.59. The van der Waals surface area contributed by atoms with Crippen LogP contribution in [0.25, 0.3) is 0 Å². The first-order chi connectivity index (χ1) is 19.1. The number of likely N-dealkylation sites (tertiary alicyclic amines) is 1. The predicted molar refractivity (Wildman–Crippen MR) is 156 cm³/mol. The molecule has 3 aliphatic heterocycles. The molecule has 3 unspecified atom stereocenters. The summed E-state index contributed by atoms with van der Waals surface area (Å²) in [6, 6.07) is 5.46. The fourth-order valence-corrected chi connectivity index (χ4v) is 7.68. The second-order valence-corrected chi connectivity index (χ2v) is 12.5. The molecule has 9 nitrogen and oxygen atoms in total. The number of hydrogen-bond acceptors (Lipinski definition) is 6. The van der Waals surface area contributed by atoms with Gasteiger partial charge in [-0.1, -0.05) is 41.9 Å². The zero-order valence-corrected chi connectivity index (χ0v) is 25.2. The number of carbonyl (C=O) groups excluding carboxylic acids is 3. The van der Waals surface area contributed by atoms with Crippen LogP contribution < -0.4 is 9.64 Å². The molecular formula is C30H40BrN3O6. The van der Waals surface area contributed by atoms with Gasteiger partial charge in [0.25, 0.3) is 5.91 Å². The Morgan fingerprint density at radius 3 is 2.42 bits per heavy atom. The number of nitrogens with zero attached hydrogens (tertiary/aromatic N) is 3. The first kappa shape index (κ1) is 30.3. The van der Waals surface area contributed by atoms with Crippen molar-refractivity contribution in [3.8, 4) is 5.75 Å². The van der Waals surface area contributed by atoms with Crippen LogP contribution in [0.15, 0.2) is 49.6 Å². The first-order valence-corrected chi connectivity index (χ1v) is 14.6. The van der Waals surface area contributed by atoms with Gasteiger partial charge in [0, 0.05) is 30.7 Å². The van der Waals surface area contributed by atoms with Gasteiger partial charge < -0.3 is 29.3 Å². The van der Waals surface area contributed by atoms with E-state index < -0.39 is 35.6 Å². The Bertz CT molecular complexity index is 1140. The highest BCUT2D eigenvalue weighted by molar-refractivity contribution is 9.09. The van der Waals surface area contributed by atoms with Crippen LogP contribution in [0.5, 0.6) is 5.75 Å². The van der Waals surface area contributed by atoms with Gasteiger partial charge in [-0.25, -0.2) is 0 Å². The van der Waals surface area contributed by atoms with Crippen molar-refractivity contribution in [2.24, 2.45) is 17.8 Å². The number of carbonyl (C=O) groups is 3. The van der Waals surface area contributed by atoms with Crippen LogP contribution in [0, 0.1) is 17.8 Å². The van der Waals surface area contributed by atoms with Crippen molar-refractivity contribution < 1.29 is 29.0 Å². The molecule has 40 heavy (non-hydrogen) atoms. The lowest BCUT2D eigenvalue weighted by molar-refractivity contribution is -0.147. The summed E-state index contributed by atoms with van der Waals surface area (Å²) in [5.74, 6) is -1.68. The van der Waals surface area contributed by atoms with E-state index in [2.05, 4.69) is 29.1 Å². The molecule has 10 heteroatoms. The number of fused-ring (bicyclic) bond motifs is 1. The highest BCUT2D eigenvalue weighted by Gasteiger charge is 2.77. The van der Waals surface area contributed by atoms with E-state index in [0.29, 0.717) is 30.8 Å². The van der Waals surface area contributed by atoms with E-state index in [1.807, 2.05) is 13.8 Å². The third kappa shape index (κ3) is 4.99. The van der Waals surface area contributed by atoms with Crippen molar-refractivity contribution in [3.63, 3.8) is 0 Å². The van der Waals surface area contributed by atoms with Gasteiger partial charge in [0.2, 0.25) is 11.8 Å². The number of halogens is 1. The monoisotopic (exact) mass is 617 g/mol. The number of amides is 3. The Morgan fingerprint density at radius 2 is 1.88 bits per heavy atom. The summed E-state index contributed by atoms with van der Waals surface area (Å²) < 4.78 is 11.9. The Labute approximate surface area is 244 Å². The quantitative estimate of drug-likeness (QED) is 0.286. The minimum atomic E-state index is -1.22. The third-order valence-electron chi connectivity index (χ3n) is 8.33. The summed E-state index contributed by atoms with van der Waals surface area (Å²) in [7, 11) is 3.25. The lowest BCUT2D eigenvalue weighted by Gasteiger charge is -2.39. The highest BCUT2D eigenvalue weighted by atomic mass is 79.9. The zero-order chi connectivity index (χ0) is 29.4. The molecule has 3 fully saturated rings. The molecule has 0 aromatic heterocycles. The number of aliphatic hydroxyl groups excluding tert-OH is 1. The number of anilines is 1. The number of aliphatic hydroxyl groups is 1. The molecule has 1 N–H and O–H groups in total. The van der Waals surface area contributed by atoms with E-state index in [9.17, 15) is 19.5 Å². The fraction of sp³-hybridized carbons (Fsp3) is 0.567. The van der Waals surface area contributed by atoms with Crippen molar-refractivity contribution in [2.45, 2.75) is 55.3 Å². The van der Waals surface area contributed by atoms with E-state index in [1.165, 1.54) is 4.90 Å². The molecule has 0 saturated carbocycles. The lowest BCUT2D eigenvalue weighted by atomic mass is 9.70. The summed E-state index contributed by atoms with van der Waals surface area (Å²) in [5, 5.41) is 10.5. The van der Waals surface area contributed by atoms with Gasteiger partial charge in [-0.3, -0.25) is 14.4 Å². The van der Waals surface area contributed by atoms with Gasteiger partial charge in [-0.05, 0) is 43.0 Å². The van der Waals surface area contributed by atoms with Crippen molar-refractivity contribution in [1.82, 2.24) is 9.80 Å². The van der Waals surface area contributed by atoms with E-state index >= 15 is 0 Å². The van der Waals surface area contributed by atoms with Gasteiger partial charge in [0.05, 0.1) is 37.7 Å². The van der Waals surface area contributed by atoms with Crippen LogP contribution in [-0.2, 0) is 19.1 Å². The minimum absolute atomic E-state index is 0.154. The van der Waals surface area contributed by atoms with Crippen LogP contribution >= 0.6 is 15.9 Å². The topological polar surface area (TPSA) is 99.6 Å². The molecule has 7 atom stereocenters. The number of ether oxygens (including phenoxy) is 2. The normalized spacial score (nSPS) is 29.3. The second kappa shape index (κ2) is 12.0. The van der Waals surface area contributed by atoms with Crippen LogP contribution in [0.4, 0.5) is 5.69 Å². The summed E-state index contributed by atoms with van der Waals surface area (Å²) in [4.78, 5) is 47.2. The maximum absolute atomic E-state index is 14.7. The van der Waals surface area contributed by atoms with Crippen LogP contribution in [-0.4, -0.2) is 95.1 Å². The molecule has 0 aliphatic carbocycles. The molecule has 3 amide bonds. The Morgan fingerprint density at radius 1 is 1.23 bits per heavy atom. The fourth-order valence-electron chi connectivity index (χ4n) is 6.74. The van der Waals surface area contributed by atoms with E-state index in [-0.39, 0.29) is 41.6 Å². The van der Waals surface area contributed by atoms with E-state index in [0.717, 1.165) is 0 Å². The average Bonchev–Trinajstić information content (AvgIpc) is 3.53. The van der Waals surface area contributed by atoms with Gasteiger partial charge in [-0.2, -0.15) is 0 Å². The van der Waals surface area contributed by atoms with Crippen molar-refractivity contribution >= 4 is 39.3 Å². The molecule has 3 saturated heterocycles. The number of benzene rings is 1.